The molecule has 1 saturated heterocycles. The second-order valence-electron chi connectivity index (χ2n) is 7.40. The van der Waals surface area contributed by atoms with Crippen molar-refractivity contribution in [3.63, 3.8) is 0 Å². The van der Waals surface area contributed by atoms with Crippen LogP contribution in [0.15, 0.2) is 0 Å². The number of nitrogens with one attached hydrogen (secondary N) is 1. The number of rotatable bonds is 5. The Balaban J connectivity index is 1.54. The van der Waals surface area contributed by atoms with E-state index in [1.165, 1.54) is 25.7 Å². The van der Waals surface area contributed by atoms with Crippen LogP contribution in [0.5, 0.6) is 0 Å². The van der Waals surface area contributed by atoms with Gasteiger partial charge in [0.2, 0.25) is 0 Å². The van der Waals surface area contributed by atoms with Crippen molar-refractivity contribution in [2.24, 2.45) is 5.92 Å². The predicted molar refractivity (Wildman–Crippen MR) is 82.9 cm³/mol. The lowest BCUT2D eigenvalue weighted by Crippen LogP contribution is -2.50. The van der Waals surface area contributed by atoms with Crippen molar-refractivity contribution < 1.29 is 4.74 Å². The van der Waals surface area contributed by atoms with Gasteiger partial charge in [0.1, 0.15) is 5.54 Å². The summed E-state index contributed by atoms with van der Waals surface area (Å²) in [6.07, 6.45) is 7.79. The molecule has 0 aromatic rings. The fourth-order valence-electron chi connectivity index (χ4n) is 4.24. The van der Waals surface area contributed by atoms with Crippen LogP contribution < -0.4 is 5.32 Å². The van der Waals surface area contributed by atoms with Crippen LogP contribution in [0.1, 0.15) is 52.4 Å². The van der Waals surface area contributed by atoms with Gasteiger partial charge in [0, 0.05) is 19.1 Å². The molecule has 2 saturated carbocycles. The molecule has 1 N–H and O–H groups in total. The Morgan fingerprint density at radius 2 is 1.95 bits per heavy atom. The number of hydrogen-bond acceptors (Lipinski definition) is 4. The van der Waals surface area contributed by atoms with Crippen molar-refractivity contribution in [3.8, 4) is 6.07 Å². The fourth-order valence-corrected chi connectivity index (χ4v) is 4.24. The minimum atomic E-state index is -0.231. The Kier molecular flexibility index (Phi) is 4.54. The van der Waals surface area contributed by atoms with Crippen molar-refractivity contribution in [1.82, 2.24) is 10.2 Å². The van der Waals surface area contributed by atoms with E-state index in [-0.39, 0.29) is 5.54 Å². The maximum Gasteiger partial charge on any atom is 0.109 e. The summed E-state index contributed by atoms with van der Waals surface area (Å²) >= 11 is 0. The molecule has 0 aromatic heterocycles. The second-order valence-corrected chi connectivity index (χ2v) is 7.40. The molecule has 2 aliphatic carbocycles. The SMILES string of the molecule is C[C@@H]1CN(CCC2CCCC2(C#N)NC2CC2)C[C@H](C)O1. The number of nitriles is 1. The highest BCUT2D eigenvalue weighted by atomic mass is 16.5. The lowest BCUT2D eigenvalue weighted by molar-refractivity contribution is -0.0692. The third-order valence-electron chi connectivity index (χ3n) is 5.35. The van der Waals surface area contributed by atoms with E-state index in [4.69, 9.17) is 4.74 Å². The first-order chi connectivity index (χ1) is 10.1. The van der Waals surface area contributed by atoms with E-state index in [1.54, 1.807) is 0 Å². The second kappa shape index (κ2) is 6.24. The lowest BCUT2D eigenvalue weighted by Gasteiger charge is -2.37. The molecule has 0 amide bonds. The van der Waals surface area contributed by atoms with Crippen molar-refractivity contribution in [2.45, 2.75) is 76.2 Å². The standard InChI is InChI=1S/C17H29N3O/c1-13-10-20(11-14(2)21-13)9-7-15-4-3-8-17(15,12-18)19-16-5-6-16/h13-16,19H,3-11H2,1-2H3/t13-,14+,15?,17?. The van der Waals surface area contributed by atoms with Gasteiger partial charge in [0.15, 0.2) is 0 Å². The molecule has 1 aliphatic heterocycles. The van der Waals surface area contributed by atoms with Crippen LogP contribution in [-0.4, -0.2) is 48.3 Å². The molecule has 3 rings (SSSR count). The zero-order valence-corrected chi connectivity index (χ0v) is 13.5. The van der Waals surface area contributed by atoms with Crippen LogP contribution in [0.25, 0.3) is 0 Å². The predicted octanol–water partition coefficient (Wildman–Crippen LogP) is 2.30. The average molecular weight is 291 g/mol. The van der Waals surface area contributed by atoms with Gasteiger partial charge in [-0.3, -0.25) is 10.2 Å². The maximum atomic E-state index is 9.74. The number of morpholine rings is 1. The van der Waals surface area contributed by atoms with Gasteiger partial charge >= 0.3 is 0 Å². The molecular weight excluding hydrogens is 262 g/mol. The summed E-state index contributed by atoms with van der Waals surface area (Å²) in [5, 5.41) is 13.4. The van der Waals surface area contributed by atoms with Crippen molar-refractivity contribution in [1.29, 1.82) is 5.26 Å². The monoisotopic (exact) mass is 291 g/mol. The van der Waals surface area contributed by atoms with E-state index in [9.17, 15) is 5.26 Å². The van der Waals surface area contributed by atoms with E-state index in [2.05, 4.69) is 30.1 Å². The van der Waals surface area contributed by atoms with Gasteiger partial charge in [0.05, 0.1) is 18.3 Å². The molecule has 0 radical (unpaired) electrons. The van der Waals surface area contributed by atoms with Crippen LogP contribution in [0, 0.1) is 17.2 Å². The average Bonchev–Trinajstić information content (AvgIpc) is 3.15. The number of nitrogens with zero attached hydrogens (tertiary/aromatic N) is 2. The zero-order chi connectivity index (χ0) is 14.9. The molecule has 21 heavy (non-hydrogen) atoms. The van der Waals surface area contributed by atoms with Crippen LogP contribution in [0.3, 0.4) is 0 Å². The first kappa shape index (κ1) is 15.3. The Hall–Kier alpha value is -0.630. The van der Waals surface area contributed by atoms with E-state index >= 15 is 0 Å². The molecule has 4 atom stereocenters. The molecule has 4 heteroatoms. The summed E-state index contributed by atoms with van der Waals surface area (Å²) in [5.41, 5.74) is -0.231. The molecular formula is C17H29N3O. The third-order valence-corrected chi connectivity index (χ3v) is 5.35. The summed E-state index contributed by atoms with van der Waals surface area (Å²) in [4.78, 5) is 2.52. The molecule has 1 heterocycles. The van der Waals surface area contributed by atoms with Crippen molar-refractivity contribution in [3.05, 3.63) is 0 Å². The van der Waals surface area contributed by atoms with Crippen molar-refractivity contribution in [2.75, 3.05) is 19.6 Å². The summed E-state index contributed by atoms with van der Waals surface area (Å²) in [6, 6.07) is 3.27. The quantitative estimate of drug-likeness (QED) is 0.844. The van der Waals surface area contributed by atoms with Gasteiger partial charge in [-0.05, 0) is 58.4 Å². The molecule has 0 bridgehead atoms. The smallest absolute Gasteiger partial charge is 0.109 e. The Bertz CT molecular complexity index is 393. The Morgan fingerprint density at radius 3 is 2.57 bits per heavy atom. The van der Waals surface area contributed by atoms with Crippen LogP contribution >= 0.6 is 0 Å². The molecule has 0 spiro atoms. The van der Waals surface area contributed by atoms with Gasteiger partial charge in [-0.2, -0.15) is 5.26 Å². The summed E-state index contributed by atoms with van der Waals surface area (Å²) in [7, 11) is 0. The molecule has 0 aromatic carbocycles. The van der Waals surface area contributed by atoms with E-state index < -0.39 is 0 Å². The first-order valence-electron chi connectivity index (χ1n) is 8.68. The van der Waals surface area contributed by atoms with Crippen LogP contribution in [0.4, 0.5) is 0 Å². The van der Waals surface area contributed by atoms with Crippen molar-refractivity contribution >= 4 is 0 Å². The van der Waals surface area contributed by atoms with Gasteiger partial charge in [0.25, 0.3) is 0 Å². The molecule has 118 valence electrons. The van der Waals surface area contributed by atoms with Gasteiger partial charge in [-0.25, -0.2) is 0 Å². The van der Waals surface area contributed by atoms with Crippen LogP contribution in [-0.2, 0) is 4.74 Å². The molecule has 3 aliphatic rings. The number of ether oxygens (including phenoxy) is 1. The topological polar surface area (TPSA) is 48.3 Å². The minimum Gasteiger partial charge on any atom is -0.373 e. The first-order valence-corrected chi connectivity index (χ1v) is 8.68. The molecule has 4 nitrogen and oxygen atoms in total. The van der Waals surface area contributed by atoms with Gasteiger partial charge in [-0.1, -0.05) is 6.42 Å². The summed E-state index contributed by atoms with van der Waals surface area (Å²) in [5.74, 6) is 0.525. The summed E-state index contributed by atoms with van der Waals surface area (Å²) in [6.45, 7) is 7.50. The molecule has 3 fully saturated rings. The third kappa shape index (κ3) is 3.59. The highest BCUT2D eigenvalue weighted by Crippen LogP contribution is 2.40. The van der Waals surface area contributed by atoms with Crippen LogP contribution in [0.2, 0.25) is 0 Å². The van der Waals surface area contributed by atoms with Gasteiger partial charge < -0.3 is 4.74 Å². The normalized spacial score (nSPS) is 41.1. The zero-order valence-electron chi connectivity index (χ0n) is 13.5. The highest BCUT2D eigenvalue weighted by Gasteiger charge is 2.45. The lowest BCUT2D eigenvalue weighted by atomic mass is 9.85. The minimum absolute atomic E-state index is 0.231. The van der Waals surface area contributed by atoms with E-state index in [0.29, 0.717) is 24.2 Å². The van der Waals surface area contributed by atoms with Gasteiger partial charge in [-0.15, -0.1) is 0 Å². The summed E-state index contributed by atoms with van der Waals surface area (Å²) < 4.78 is 5.80. The highest BCUT2D eigenvalue weighted by molar-refractivity contribution is 5.16. The Morgan fingerprint density at radius 1 is 1.24 bits per heavy atom. The molecule has 2 unspecified atom stereocenters. The van der Waals surface area contributed by atoms with E-state index in [1.807, 2.05) is 0 Å². The number of hydrogen-bond donors (Lipinski definition) is 1. The Labute approximate surface area is 128 Å². The van der Waals surface area contributed by atoms with E-state index in [0.717, 1.165) is 32.5 Å². The maximum absolute atomic E-state index is 9.74. The largest absolute Gasteiger partial charge is 0.373 e. The fraction of sp³-hybridized carbons (Fsp3) is 0.941.